The van der Waals surface area contributed by atoms with Crippen LogP contribution in [-0.4, -0.2) is 21.4 Å². The van der Waals surface area contributed by atoms with Crippen LogP contribution in [0.25, 0.3) is 0 Å². The Morgan fingerprint density at radius 3 is 1.53 bits per heavy atom. The second-order valence-electron chi connectivity index (χ2n) is 7.43. The van der Waals surface area contributed by atoms with Crippen molar-refractivity contribution in [1.82, 2.24) is 0 Å². The number of ether oxygens (including phenoxy) is 1. The van der Waals surface area contributed by atoms with Crippen LogP contribution in [0.2, 0.25) is 5.02 Å². The summed E-state index contributed by atoms with van der Waals surface area (Å²) < 4.78 is 20.1. The SMILES string of the molecule is CCO[13C](=O)C(S(=O)c1ccc(Cl)cc1)=P(c1ccccc1)(c1ccccc1)c1ccccc1. The number of esters is 1. The first-order valence-corrected chi connectivity index (χ1v) is 14.2. The molecule has 172 valence electrons. The van der Waals surface area contributed by atoms with Gasteiger partial charge in [0, 0.05) is 16.8 Å². The molecule has 0 bridgehead atoms. The maximum atomic E-state index is 14.3. The average Bonchev–Trinajstić information content (AvgIpc) is 2.89. The van der Waals surface area contributed by atoms with Crippen LogP contribution in [0.1, 0.15) is 6.92 Å². The molecule has 0 aliphatic rings. The monoisotopic (exact) mass is 507 g/mol. The fourth-order valence-electron chi connectivity index (χ4n) is 3.95. The van der Waals surface area contributed by atoms with Gasteiger partial charge >= 0.3 is 5.97 Å². The maximum Gasteiger partial charge on any atom is 0.348 e. The van der Waals surface area contributed by atoms with E-state index in [4.69, 9.17) is 16.3 Å². The molecule has 0 saturated carbocycles. The molecule has 0 spiro atoms. The average molecular weight is 508 g/mol. The molecule has 4 aromatic rings. The molecule has 0 aliphatic heterocycles. The number of carbonyl (C=O) groups is 1. The summed E-state index contributed by atoms with van der Waals surface area (Å²) in [4.78, 5) is 14.2. The molecule has 0 heterocycles. The van der Waals surface area contributed by atoms with Gasteiger partial charge in [-0.1, -0.05) is 103 Å². The molecule has 34 heavy (non-hydrogen) atoms. The van der Waals surface area contributed by atoms with Gasteiger partial charge in [0.25, 0.3) is 0 Å². The van der Waals surface area contributed by atoms with Gasteiger partial charge in [-0.25, -0.2) is 9.00 Å². The zero-order chi connectivity index (χ0) is 24.0. The first-order valence-electron chi connectivity index (χ1n) is 10.9. The van der Waals surface area contributed by atoms with E-state index in [0.717, 1.165) is 15.9 Å². The lowest BCUT2D eigenvalue weighted by atomic mass is 10.4. The molecule has 0 saturated heterocycles. The van der Waals surface area contributed by atoms with E-state index in [0.29, 0.717) is 9.92 Å². The van der Waals surface area contributed by atoms with Crippen LogP contribution in [0.3, 0.4) is 0 Å². The van der Waals surface area contributed by atoms with Gasteiger partial charge in [0.2, 0.25) is 0 Å². The summed E-state index contributed by atoms with van der Waals surface area (Å²) in [5.41, 5.74) is 0. The Bertz CT molecular complexity index is 1240. The third kappa shape index (κ3) is 4.67. The Labute approximate surface area is 207 Å². The molecule has 0 aliphatic carbocycles. The van der Waals surface area contributed by atoms with E-state index < -0.39 is 23.7 Å². The predicted octanol–water partition coefficient (Wildman–Crippen LogP) is 5.13. The summed E-state index contributed by atoms with van der Waals surface area (Å²) in [6.45, 7) is -0.936. The zero-order valence-corrected chi connectivity index (χ0v) is 21.1. The van der Waals surface area contributed by atoms with Crippen LogP contribution in [0.15, 0.2) is 120 Å². The van der Waals surface area contributed by atoms with Crippen molar-refractivity contribution in [1.29, 1.82) is 0 Å². The van der Waals surface area contributed by atoms with Crippen molar-refractivity contribution in [3.63, 3.8) is 0 Å². The number of rotatable bonds is 7. The Balaban J connectivity index is 2.24. The van der Waals surface area contributed by atoms with Crippen molar-refractivity contribution in [2.75, 3.05) is 6.61 Å². The fourth-order valence-corrected chi connectivity index (χ4v) is 11.0. The van der Waals surface area contributed by atoms with Crippen molar-refractivity contribution < 1.29 is 13.7 Å². The second-order valence-corrected chi connectivity index (χ2v) is 12.9. The highest BCUT2D eigenvalue weighted by atomic mass is 35.5. The minimum Gasteiger partial charge on any atom is -0.462 e. The third-order valence-corrected chi connectivity index (χ3v) is 12.2. The minimum atomic E-state index is -2.87. The van der Waals surface area contributed by atoms with E-state index in [-0.39, 0.29) is 11.2 Å². The molecule has 1 atom stereocenters. The Kier molecular flexibility index (Phi) is 7.84. The summed E-state index contributed by atoms with van der Waals surface area (Å²) in [6.07, 6.45) is 0. The number of benzene rings is 4. The van der Waals surface area contributed by atoms with Crippen molar-refractivity contribution >= 4 is 55.8 Å². The molecule has 0 amide bonds. The van der Waals surface area contributed by atoms with Gasteiger partial charge in [-0.05, 0) is 47.1 Å². The van der Waals surface area contributed by atoms with Crippen LogP contribution < -0.4 is 15.9 Å². The minimum absolute atomic E-state index is 0.179. The number of carbonyl (C=O) groups excluding carboxylic acids is 1. The van der Waals surface area contributed by atoms with Crippen molar-refractivity contribution in [3.8, 4) is 0 Å². The summed E-state index contributed by atoms with van der Waals surface area (Å²) in [7, 11) is -1.80. The van der Waals surface area contributed by atoms with Crippen LogP contribution in [0, 0.1) is 0 Å². The summed E-state index contributed by atoms with van der Waals surface area (Å²) in [6, 6.07) is 36.3. The topological polar surface area (TPSA) is 43.4 Å². The largest absolute Gasteiger partial charge is 0.462 e. The molecule has 0 fully saturated rings. The molecule has 0 N–H and O–H groups in total. The van der Waals surface area contributed by atoms with Gasteiger partial charge in [0.15, 0.2) is 0 Å². The highest BCUT2D eigenvalue weighted by Gasteiger charge is 2.37. The highest BCUT2D eigenvalue weighted by molar-refractivity contribution is 8.18. The summed E-state index contributed by atoms with van der Waals surface area (Å²) in [5.74, 6) is -0.555. The lowest BCUT2D eigenvalue weighted by Gasteiger charge is -2.31. The van der Waals surface area contributed by atoms with E-state index in [2.05, 4.69) is 0 Å². The molecule has 1 unspecified atom stereocenters. The van der Waals surface area contributed by atoms with E-state index in [1.165, 1.54) is 0 Å². The second kappa shape index (κ2) is 11.0. The Hall–Kier alpha value is -2.91. The van der Waals surface area contributed by atoms with Crippen LogP contribution in [0.5, 0.6) is 0 Å². The van der Waals surface area contributed by atoms with Gasteiger partial charge in [0.05, 0.1) is 17.4 Å². The van der Waals surface area contributed by atoms with Gasteiger partial charge in [-0.3, -0.25) is 0 Å². The maximum absolute atomic E-state index is 14.3. The molecule has 4 aromatic carbocycles. The van der Waals surface area contributed by atoms with E-state index >= 15 is 0 Å². The Morgan fingerprint density at radius 1 is 0.735 bits per heavy atom. The van der Waals surface area contributed by atoms with Crippen LogP contribution >= 0.6 is 18.5 Å². The lowest BCUT2D eigenvalue weighted by molar-refractivity contribution is -0.134. The first-order chi connectivity index (χ1) is 16.6. The molecular formula is C28H24ClO3PS. The number of hydrogen-bond donors (Lipinski definition) is 0. The first kappa shape index (κ1) is 24.2. The third-order valence-electron chi connectivity index (χ3n) is 5.39. The molecule has 4 rings (SSSR count). The summed E-state index contributed by atoms with van der Waals surface area (Å²) in [5, 5.41) is 3.32. The normalized spacial score (nSPS) is 12.1. The molecule has 3 nitrogen and oxygen atoms in total. The summed E-state index contributed by atoms with van der Waals surface area (Å²) >= 11 is 6.10. The quantitative estimate of drug-likeness (QED) is 0.198. The van der Waals surface area contributed by atoms with Crippen molar-refractivity contribution in [3.05, 3.63) is 120 Å². The zero-order valence-electron chi connectivity index (χ0n) is 18.6. The van der Waals surface area contributed by atoms with Gasteiger partial charge in [0.1, 0.15) is 4.63 Å². The van der Waals surface area contributed by atoms with E-state index in [9.17, 15) is 9.00 Å². The lowest BCUT2D eigenvalue weighted by Crippen LogP contribution is -2.36. The standard InChI is InChI=1S/C28H24ClO3PS/c1-2-32-27(30)28(34(31)26-20-18-22(29)19-21-26)33(23-12-6-3-7-13-23,24-14-8-4-9-15-24)25-16-10-5-11-17-25/h3-21H,2H2,1H3/i27+1. The molecule has 6 heteroatoms. The van der Waals surface area contributed by atoms with Gasteiger partial charge in [-0.15, -0.1) is 0 Å². The van der Waals surface area contributed by atoms with Crippen LogP contribution in [0.4, 0.5) is 0 Å². The molecule has 0 radical (unpaired) electrons. The highest BCUT2D eigenvalue weighted by Crippen LogP contribution is 2.47. The van der Waals surface area contributed by atoms with Crippen LogP contribution in [-0.2, 0) is 20.3 Å². The number of hydrogen-bond acceptors (Lipinski definition) is 3. The molecule has 0 aromatic heterocycles. The predicted molar refractivity (Wildman–Crippen MR) is 145 cm³/mol. The van der Waals surface area contributed by atoms with E-state index in [1.54, 1.807) is 31.2 Å². The van der Waals surface area contributed by atoms with Crippen molar-refractivity contribution in [2.45, 2.75) is 11.8 Å². The van der Waals surface area contributed by atoms with Crippen molar-refractivity contribution in [2.24, 2.45) is 0 Å². The van der Waals surface area contributed by atoms with E-state index in [1.807, 2.05) is 91.0 Å². The van der Waals surface area contributed by atoms with Gasteiger partial charge < -0.3 is 4.74 Å². The number of halogens is 1. The fraction of sp³-hybridized carbons (Fsp3) is 0.0714. The van der Waals surface area contributed by atoms with Gasteiger partial charge in [-0.2, -0.15) is 0 Å². The molecular weight excluding hydrogens is 484 g/mol. The Morgan fingerprint density at radius 2 is 1.15 bits per heavy atom. The smallest absolute Gasteiger partial charge is 0.348 e.